The maximum absolute atomic E-state index is 13.0. The van der Waals surface area contributed by atoms with Gasteiger partial charge in [-0.3, -0.25) is 9.59 Å². The zero-order valence-corrected chi connectivity index (χ0v) is 16.2. The lowest BCUT2D eigenvalue weighted by Crippen LogP contribution is -2.51. The molecular formula is C19H21FN4O5. The molecule has 0 atom stereocenters. The van der Waals surface area contributed by atoms with Crippen LogP contribution in [-0.2, 0) is 9.59 Å². The van der Waals surface area contributed by atoms with Gasteiger partial charge in [0.1, 0.15) is 18.6 Å². The Bertz CT molecular complexity index is 896. The number of nitro groups is 1. The van der Waals surface area contributed by atoms with Crippen LogP contribution in [0.2, 0.25) is 0 Å². The third-order valence-corrected chi connectivity index (χ3v) is 3.82. The van der Waals surface area contributed by atoms with Crippen molar-refractivity contribution in [3.63, 3.8) is 0 Å². The first-order valence-electron chi connectivity index (χ1n) is 8.66. The van der Waals surface area contributed by atoms with E-state index >= 15 is 0 Å². The number of ether oxygens (including phenoxy) is 1. The highest BCUT2D eigenvalue weighted by Gasteiger charge is 2.29. The summed E-state index contributed by atoms with van der Waals surface area (Å²) in [6.45, 7) is 4.43. The van der Waals surface area contributed by atoms with Crippen LogP contribution in [0.4, 0.5) is 15.9 Å². The van der Waals surface area contributed by atoms with Crippen molar-refractivity contribution < 1.29 is 23.6 Å². The van der Waals surface area contributed by atoms with Gasteiger partial charge in [0.05, 0.1) is 0 Å². The first kappa shape index (κ1) is 21.7. The number of rotatable bonds is 7. The molecule has 1 aromatic heterocycles. The summed E-state index contributed by atoms with van der Waals surface area (Å²) in [6.07, 6.45) is 1.24. The first-order chi connectivity index (χ1) is 13.6. The van der Waals surface area contributed by atoms with Crippen molar-refractivity contribution in [3.8, 4) is 5.75 Å². The number of carbonyl (C=O) groups is 2. The SMILES string of the molecule is CC(C)(C)N(CC(=O)Nc1ccc(F)cc1)C(=O)COc1cccnc1[N+](=O)[O-]. The topological polar surface area (TPSA) is 115 Å². The largest absolute Gasteiger partial charge is 0.476 e. The van der Waals surface area contributed by atoms with Gasteiger partial charge < -0.3 is 25.1 Å². The number of hydrogen-bond acceptors (Lipinski definition) is 6. The highest BCUT2D eigenvalue weighted by atomic mass is 19.1. The second kappa shape index (κ2) is 9.09. The fourth-order valence-electron chi connectivity index (χ4n) is 2.43. The van der Waals surface area contributed by atoms with Crippen LogP contribution >= 0.6 is 0 Å². The van der Waals surface area contributed by atoms with Crippen LogP contribution in [0.3, 0.4) is 0 Å². The lowest BCUT2D eigenvalue weighted by atomic mass is 10.1. The van der Waals surface area contributed by atoms with Gasteiger partial charge in [0.2, 0.25) is 11.7 Å². The van der Waals surface area contributed by atoms with E-state index in [2.05, 4.69) is 10.3 Å². The number of pyridine rings is 1. The summed E-state index contributed by atoms with van der Waals surface area (Å²) in [7, 11) is 0. The number of aromatic nitrogens is 1. The second-order valence-corrected chi connectivity index (χ2v) is 7.08. The number of amides is 2. The van der Waals surface area contributed by atoms with Gasteiger partial charge in [0.25, 0.3) is 5.91 Å². The minimum Gasteiger partial charge on any atom is -0.476 e. The molecule has 1 N–H and O–H groups in total. The molecule has 0 unspecified atom stereocenters. The minimum atomic E-state index is -0.721. The predicted molar refractivity (Wildman–Crippen MR) is 103 cm³/mol. The molecule has 0 aliphatic rings. The van der Waals surface area contributed by atoms with Gasteiger partial charge in [0, 0.05) is 11.2 Å². The van der Waals surface area contributed by atoms with Gasteiger partial charge >= 0.3 is 5.82 Å². The van der Waals surface area contributed by atoms with Crippen LogP contribution in [-0.4, -0.2) is 45.3 Å². The van der Waals surface area contributed by atoms with Crippen molar-refractivity contribution in [3.05, 3.63) is 58.5 Å². The van der Waals surface area contributed by atoms with Crippen molar-refractivity contribution in [2.75, 3.05) is 18.5 Å². The van der Waals surface area contributed by atoms with Crippen LogP contribution in [0, 0.1) is 15.9 Å². The van der Waals surface area contributed by atoms with Crippen LogP contribution in [0.25, 0.3) is 0 Å². The highest BCUT2D eigenvalue weighted by molar-refractivity contribution is 5.94. The molecule has 0 radical (unpaired) electrons. The van der Waals surface area contributed by atoms with Gasteiger partial charge in [-0.05, 0) is 67.1 Å². The van der Waals surface area contributed by atoms with Crippen molar-refractivity contribution in [1.29, 1.82) is 0 Å². The van der Waals surface area contributed by atoms with Crippen LogP contribution < -0.4 is 10.1 Å². The Balaban J connectivity index is 2.05. The Kier molecular flexibility index (Phi) is 6.81. The molecule has 1 aromatic carbocycles. The number of halogens is 1. The molecule has 1 heterocycles. The number of benzene rings is 1. The molecule has 29 heavy (non-hydrogen) atoms. The molecule has 0 fully saturated rings. The molecule has 2 amide bonds. The lowest BCUT2D eigenvalue weighted by Gasteiger charge is -2.35. The summed E-state index contributed by atoms with van der Waals surface area (Å²) >= 11 is 0. The summed E-state index contributed by atoms with van der Waals surface area (Å²) in [4.78, 5) is 40.2. The van der Waals surface area contributed by atoms with Gasteiger partial charge in [-0.25, -0.2) is 4.39 Å². The molecule has 2 rings (SSSR count). The van der Waals surface area contributed by atoms with E-state index in [0.29, 0.717) is 5.69 Å². The first-order valence-corrected chi connectivity index (χ1v) is 8.66. The fourth-order valence-corrected chi connectivity index (χ4v) is 2.43. The number of hydrogen-bond donors (Lipinski definition) is 1. The number of nitrogens with zero attached hydrogens (tertiary/aromatic N) is 3. The molecule has 0 bridgehead atoms. The van der Waals surface area contributed by atoms with Gasteiger partial charge in [-0.1, -0.05) is 0 Å². The Morgan fingerprint density at radius 2 is 1.90 bits per heavy atom. The van der Waals surface area contributed by atoms with E-state index in [1.165, 1.54) is 47.5 Å². The van der Waals surface area contributed by atoms with Crippen molar-refractivity contribution in [1.82, 2.24) is 9.88 Å². The maximum Gasteiger partial charge on any atom is 0.406 e. The maximum atomic E-state index is 13.0. The minimum absolute atomic E-state index is 0.143. The molecule has 0 spiro atoms. The molecule has 0 aliphatic carbocycles. The van der Waals surface area contributed by atoms with E-state index in [0.717, 1.165) is 0 Å². The Labute approximate surface area is 166 Å². The Morgan fingerprint density at radius 1 is 1.24 bits per heavy atom. The van der Waals surface area contributed by atoms with E-state index in [-0.39, 0.29) is 12.3 Å². The highest BCUT2D eigenvalue weighted by Crippen LogP contribution is 2.23. The van der Waals surface area contributed by atoms with E-state index in [1.807, 2.05) is 0 Å². The molecule has 0 saturated carbocycles. The average Bonchev–Trinajstić information content (AvgIpc) is 2.65. The van der Waals surface area contributed by atoms with Crippen LogP contribution in [0.15, 0.2) is 42.6 Å². The van der Waals surface area contributed by atoms with E-state index < -0.39 is 40.5 Å². The lowest BCUT2D eigenvalue weighted by molar-refractivity contribution is -0.390. The summed E-state index contributed by atoms with van der Waals surface area (Å²) < 4.78 is 18.3. The average molecular weight is 404 g/mol. The molecule has 9 nitrogen and oxygen atoms in total. The second-order valence-electron chi connectivity index (χ2n) is 7.08. The van der Waals surface area contributed by atoms with Crippen molar-refractivity contribution >= 4 is 23.3 Å². The van der Waals surface area contributed by atoms with Gasteiger partial charge in [0.15, 0.2) is 6.61 Å². The predicted octanol–water partition coefficient (Wildman–Crippen LogP) is 2.77. The summed E-state index contributed by atoms with van der Waals surface area (Å²) in [6, 6.07) is 8.00. The zero-order chi connectivity index (χ0) is 21.6. The van der Waals surface area contributed by atoms with Gasteiger partial charge in [-0.2, -0.15) is 0 Å². The third-order valence-electron chi connectivity index (χ3n) is 3.82. The summed E-state index contributed by atoms with van der Waals surface area (Å²) in [5.41, 5.74) is -0.332. The van der Waals surface area contributed by atoms with E-state index in [9.17, 15) is 24.1 Å². The number of nitrogens with one attached hydrogen (secondary N) is 1. The normalized spacial score (nSPS) is 10.9. The quantitative estimate of drug-likeness (QED) is 0.561. The monoisotopic (exact) mass is 404 g/mol. The molecule has 154 valence electrons. The van der Waals surface area contributed by atoms with Crippen molar-refractivity contribution in [2.45, 2.75) is 26.3 Å². The van der Waals surface area contributed by atoms with Crippen LogP contribution in [0.1, 0.15) is 20.8 Å². The van der Waals surface area contributed by atoms with E-state index in [1.54, 1.807) is 20.8 Å². The van der Waals surface area contributed by atoms with Gasteiger partial charge in [-0.15, -0.1) is 0 Å². The molecule has 0 aliphatic heterocycles. The summed E-state index contributed by atoms with van der Waals surface area (Å²) in [5, 5.41) is 13.6. The third kappa shape index (κ3) is 6.23. The number of carbonyl (C=O) groups excluding carboxylic acids is 2. The summed E-state index contributed by atoms with van der Waals surface area (Å²) in [5.74, 6) is -2.10. The Morgan fingerprint density at radius 3 is 2.48 bits per heavy atom. The molecule has 2 aromatic rings. The molecular weight excluding hydrogens is 383 g/mol. The smallest absolute Gasteiger partial charge is 0.406 e. The number of anilines is 1. The van der Waals surface area contributed by atoms with Crippen LogP contribution in [0.5, 0.6) is 5.75 Å². The molecule has 10 heteroatoms. The molecule has 0 saturated heterocycles. The van der Waals surface area contributed by atoms with Crippen molar-refractivity contribution in [2.24, 2.45) is 0 Å². The Hall–Kier alpha value is -3.56. The standard InChI is InChI=1S/C19H21FN4O5/c1-19(2,3)23(11-16(25)22-14-8-6-13(20)7-9-14)17(26)12-29-15-5-4-10-21-18(15)24(27)28/h4-10H,11-12H2,1-3H3,(H,22,25). The zero-order valence-electron chi connectivity index (χ0n) is 16.2. The fraction of sp³-hybridized carbons (Fsp3) is 0.316. The van der Waals surface area contributed by atoms with E-state index in [4.69, 9.17) is 4.74 Å².